The van der Waals surface area contributed by atoms with Crippen LogP contribution in [0.3, 0.4) is 0 Å². The lowest BCUT2D eigenvalue weighted by Gasteiger charge is -2.20. The zero-order chi connectivity index (χ0) is 17.7. The maximum atomic E-state index is 12.1. The molecule has 0 fully saturated rings. The monoisotopic (exact) mass is 328 g/mol. The summed E-state index contributed by atoms with van der Waals surface area (Å²) in [6.45, 7) is 5.91. The molecule has 2 N–H and O–H groups in total. The molecule has 1 atom stereocenters. The summed E-state index contributed by atoms with van der Waals surface area (Å²) in [5, 5.41) is 13.6. The van der Waals surface area contributed by atoms with Gasteiger partial charge in [-0.25, -0.2) is 0 Å². The number of aliphatic hydroxyl groups excluding tert-OH is 1. The molecule has 0 aliphatic carbocycles. The number of nitrogens with one attached hydrogen (secondary N) is 1. The van der Waals surface area contributed by atoms with E-state index in [0.29, 0.717) is 6.54 Å². The number of nitrogens with zero attached hydrogens (tertiary/aromatic N) is 1. The normalized spacial score (nSPS) is 12.5. The topological polar surface area (TPSA) is 71.5 Å². The van der Waals surface area contributed by atoms with E-state index in [1.54, 1.807) is 37.7 Å². The molecule has 0 bridgehead atoms. The molecule has 1 aromatic carbocycles. The van der Waals surface area contributed by atoms with Crippen molar-refractivity contribution >= 4 is 5.91 Å². The van der Waals surface area contributed by atoms with E-state index < -0.39 is 11.5 Å². The zero-order valence-electron chi connectivity index (χ0n) is 14.5. The Labute approximate surface area is 142 Å². The van der Waals surface area contributed by atoms with Crippen LogP contribution >= 0.6 is 0 Å². The summed E-state index contributed by atoms with van der Waals surface area (Å²) in [6, 6.07) is 9.03. The van der Waals surface area contributed by atoms with Gasteiger partial charge in [0.15, 0.2) is 0 Å². The van der Waals surface area contributed by atoms with Gasteiger partial charge in [0.2, 0.25) is 5.91 Å². The van der Waals surface area contributed by atoms with Crippen molar-refractivity contribution in [2.75, 3.05) is 7.11 Å². The van der Waals surface area contributed by atoms with Gasteiger partial charge in [-0.2, -0.15) is 0 Å². The number of aliphatic hydroxyl groups is 1. The lowest BCUT2D eigenvalue weighted by atomic mass is 9.95. The number of ether oxygens (including phenoxy) is 1. The highest BCUT2D eigenvalue weighted by Crippen LogP contribution is 2.26. The first-order chi connectivity index (χ1) is 11.3. The van der Waals surface area contributed by atoms with Crippen molar-refractivity contribution < 1.29 is 14.6 Å². The molecule has 1 unspecified atom stereocenters. The SMILES string of the molecule is COc1ccc(C(O)c2ccncc2CNC(=O)C(C)(C)C)cc1. The Morgan fingerprint density at radius 1 is 1.25 bits per heavy atom. The second-order valence-corrected chi connectivity index (χ2v) is 6.68. The van der Waals surface area contributed by atoms with Crippen molar-refractivity contribution in [2.24, 2.45) is 5.41 Å². The molecule has 0 aliphatic heterocycles. The van der Waals surface area contributed by atoms with E-state index >= 15 is 0 Å². The quantitative estimate of drug-likeness (QED) is 0.885. The van der Waals surface area contributed by atoms with Crippen molar-refractivity contribution in [3.63, 3.8) is 0 Å². The van der Waals surface area contributed by atoms with Gasteiger partial charge in [0.05, 0.1) is 7.11 Å². The van der Waals surface area contributed by atoms with Gasteiger partial charge < -0.3 is 15.2 Å². The third-order valence-electron chi connectivity index (χ3n) is 3.79. The Balaban J connectivity index is 2.19. The Hall–Kier alpha value is -2.40. The predicted octanol–water partition coefficient (Wildman–Crippen LogP) is 2.83. The molecule has 1 aromatic heterocycles. The number of aromatic nitrogens is 1. The average Bonchev–Trinajstić information content (AvgIpc) is 2.58. The average molecular weight is 328 g/mol. The summed E-state index contributed by atoms with van der Waals surface area (Å²) < 4.78 is 5.14. The van der Waals surface area contributed by atoms with Crippen LogP contribution in [0.25, 0.3) is 0 Å². The second kappa shape index (κ2) is 7.45. The molecule has 0 saturated carbocycles. The van der Waals surface area contributed by atoms with Crippen molar-refractivity contribution in [1.29, 1.82) is 0 Å². The van der Waals surface area contributed by atoms with Crippen LogP contribution in [0.5, 0.6) is 5.75 Å². The molecule has 128 valence electrons. The van der Waals surface area contributed by atoms with E-state index in [1.165, 1.54) is 0 Å². The minimum atomic E-state index is -0.791. The molecular formula is C19H24N2O3. The van der Waals surface area contributed by atoms with Gasteiger partial charge in [-0.3, -0.25) is 9.78 Å². The number of carbonyl (C=O) groups is 1. The number of hydrogen-bond donors (Lipinski definition) is 2. The molecule has 0 aliphatic rings. The van der Waals surface area contributed by atoms with Crippen LogP contribution in [0.2, 0.25) is 0 Å². The number of methoxy groups -OCH3 is 1. The molecule has 24 heavy (non-hydrogen) atoms. The Kier molecular flexibility index (Phi) is 5.57. The van der Waals surface area contributed by atoms with Crippen LogP contribution < -0.4 is 10.1 Å². The number of amides is 1. The van der Waals surface area contributed by atoms with Crippen LogP contribution in [0.15, 0.2) is 42.7 Å². The van der Waals surface area contributed by atoms with Gasteiger partial charge in [-0.1, -0.05) is 32.9 Å². The molecule has 0 saturated heterocycles. The highest BCUT2D eigenvalue weighted by molar-refractivity contribution is 5.81. The van der Waals surface area contributed by atoms with Gasteiger partial charge in [0.25, 0.3) is 0 Å². The number of carbonyl (C=O) groups excluding carboxylic acids is 1. The lowest BCUT2D eigenvalue weighted by Crippen LogP contribution is -2.34. The summed E-state index contributed by atoms with van der Waals surface area (Å²) in [4.78, 5) is 16.2. The molecule has 1 amide bonds. The summed E-state index contributed by atoms with van der Waals surface area (Å²) >= 11 is 0. The summed E-state index contributed by atoms with van der Waals surface area (Å²) in [5.41, 5.74) is 1.81. The Morgan fingerprint density at radius 3 is 2.50 bits per heavy atom. The maximum Gasteiger partial charge on any atom is 0.225 e. The minimum Gasteiger partial charge on any atom is -0.497 e. The van der Waals surface area contributed by atoms with E-state index in [1.807, 2.05) is 32.9 Å². The fourth-order valence-electron chi connectivity index (χ4n) is 2.26. The predicted molar refractivity (Wildman–Crippen MR) is 92.6 cm³/mol. The minimum absolute atomic E-state index is 0.0451. The fraction of sp³-hybridized carbons (Fsp3) is 0.368. The summed E-state index contributed by atoms with van der Waals surface area (Å²) in [7, 11) is 1.60. The van der Waals surface area contributed by atoms with E-state index in [9.17, 15) is 9.90 Å². The molecular weight excluding hydrogens is 304 g/mol. The van der Waals surface area contributed by atoms with E-state index in [0.717, 1.165) is 22.4 Å². The third kappa shape index (κ3) is 4.32. The molecule has 0 radical (unpaired) electrons. The first-order valence-electron chi connectivity index (χ1n) is 7.86. The number of hydrogen-bond acceptors (Lipinski definition) is 4. The first kappa shape index (κ1) is 17.9. The van der Waals surface area contributed by atoms with Crippen LogP contribution in [0.1, 0.15) is 43.6 Å². The molecule has 5 heteroatoms. The number of pyridine rings is 1. The smallest absolute Gasteiger partial charge is 0.225 e. The highest BCUT2D eigenvalue weighted by atomic mass is 16.5. The number of benzene rings is 1. The van der Waals surface area contributed by atoms with Crippen molar-refractivity contribution in [3.05, 3.63) is 59.4 Å². The molecule has 5 nitrogen and oxygen atoms in total. The Morgan fingerprint density at radius 2 is 1.92 bits per heavy atom. The van der Waals surface area contributed by atoms with Crippen molar-refractivity contribution in [1.82, 2.24) is 10.3 Å². The van der Waals surface area contributed by atoms with E-state index in [2.05, 4.69) is 10.3 Å². The van der Waals surface area contributed by atoms with E-state index in [4.69, 9.17) is 4.74 Å². The van der Waals surface area contributed by atoms with Crippen LogP contribution in [0, 0.1) is 5.41 Å². The third-order valence-corrected chi connectivity index (χ3v) is 3.79. The summed E-state index contributed by atoms with van der Waals surface area (Å²) in [6.07, 6.45) is 2.52. The van der Waals surface area contributed by atoms with E-state index in [-0.39, 0.29) is 5.91 Å². The number of rotatable bonds is 5. The summed E-state index contributed by atoms with van der Waals surface area (Å²) in [5.74, 6) is 0.689. The van der Waals surface area contributed by atoms with Gasteiger partial charge >= 0.3 is 0 Å². The highest BCUT2D eigenvalue weighted by Gasteiger charge is 2.22. The lowest BCUT2D eigenvalue weighted by molar-refractivity contribution is -0.128. The van der Waals surface area contributed by atoms with Crippen molar-refractivity contribution in [3.8, 4) is 5.75 Å². The largest absolute Gasteiger partial charge is 0.497 e. The van der Waals surface area contributed by atoms with Gasteiger partial charge in [0.1, 0.15) is 11.9 Å². The van der Waals surface area contributed by atoms with Crippen LogP contribution in [-0.4, -0.2) is 23.1 Å². The molecule has 2 aromatic rings. The van der Waals surface area contributed by atoms with Crippen molar-refractivity contribution in [2.45, 2.75) is 33.4 Å². The van der Waals surface area contributed by atoms with Crippen LogP contribution in [-0.2, 0) is 11.3 Å². The van der Waals surface area contributed by atoms with Crippen LogP contribution in [0.4, 0.5) is 0 Å². The zero-order valence-corrected chi connectivity index (χ0v) is 14.5. The first-order valence-corrected chi connectivity index (χ1v) is 7.86. The molecule has 2 rings (SSSR count). The fourth-order valence-corrected chi connectivity index (χ4v) is 2.26. The standard InChI is InChI=1S/C19H24N2O3/c1-19(2,3)18(23)21-12-14-11-20-10-9-16(14)17(22)13-5-7-15(24-4)8-6-13/h5-11,17,22H,12H2,1-4H3,(H,21,23). The van der Waals surface area contributed by atoms with Gasteiger partial charge in [-0.15, -0.1) is 0 Å². The Bertz CT molecular complexity index is 691. The molecule has 0 spiro atoms. The second-order valence-electron chi connectivity index (χ2n) is 6.68. The maximum absolute atomic E-state index is 12.1. The van der Waals surface area contributed by atoms with Gasteiger partial charge in [0, 0.05) is 24.4 Å². The molecule has 1 heterocycles. The van der Waals surface area contributed by atoms with Gasteiger partial charge in [-0.05, 0) is 34.9 Å².